The van der Waals surface area contributed by atoms with E-state index < -0.39 is 18.7 Å². The van der Waals surface area contributed by atoms with E-state index in [-0.39, 0.29) is 17.7 Å². The zero-order valence-corrected chi connectivity index (χ0v) is 13.6. The first-order valence-electron chi connectivity index (χ1n) is 7.80. The lowest BCUT2D eigenvalue weighted by atomic mass is 10.0. The summed E-state index contributed by atoms with van der Waals surface area (Å²) in [5, 5.41) is 3.19. The number of halogens is 5. The van der Waals surface area contributed by atoms with Gasteiger partial charge < -0.3 is 15.0 Å². The molecule has 1 amide bonds. The van der Waals surface area contributed by atoms with Gasteiger partial charge in [-0.3, -0.25) is 4.79 Å². The molecule has 0 aromatic heterocycles. The van der Waals surface area contributed by atoms with Crippen LogP contribution in [0.4, 0.5) is 27.6 Å². The SMILES string of the molecule is CC(=O)N(c1ccc(OCC(F)(F)C(F)(F)F)cc1)C1CCNCC1. The minimum atomic E-state index is -5.66. The molecule has 0 spiro atoms. The monoisotopic (exact) mass is 366 g/mol. The molecular formula is C16H19F5N2O2. The van der Waals surface area contributed by atoms with Crippen LogP contribution in [0.5, 0.6) is 5.75 Å². The molecule has 140 valence electrons. The van der Waals surface area contributed by atoms with Crippen molar-refractivity contribution in [3.63, 3.8) is 0 Å². The van der Waals surface area contributed by atoms with Gasteiger partial charge in [0.1, 0.15) is 5.75 Å². The average Bonchev–Trinajstić information content (AvgIpc) is 2.54. The molecule has 1 aromatic carbocycles. The third kappa shape index (κ3) is 4.81. The van der Waals surface area contributed by atoms with Crippen LogP contribution in [0.25, 0.3) is 0 Å². The molecule has 4 nitrogen and oxygen atoms in total. The number of hydrogen-bond donors (Lipinski definition) is 1. The summed E-state index contributed by atoms with van der Waals surface area (Å²) < 4.78 is 66.6. The van der Waals surface area contributed by atoms with Crippen LogP contribution in [-0.2, 0) is 4.79 Å². The fourth-order valence-electron chi connectivity index (χ4n) is 2.67. The van der Waals surface area contributed by atoms with Crippen LogP contribution in [0.15, 0.2) is 24.3 Å². The quantitative estimate of drug-likeness (QED) is 0.813. The van der Waals surface area contributed by atoms with Crippen molar-refractivity contribution in [3.05, 3.63) is 24.3 Å². The molecule has 0 radical (unpaired) electrons. The second-order valence-corrected chi connectivity index (χ2v) is 5.85. The summed E-state index contributed by atoms with van der Waals surface area (Å²) in [4.78, 5) is 13.6. The highest BCUT2D eigenvalue weighted by Crippen LogP contribution is 2.36. The second-order valence-electron chi connectivity index (χ2n) is 5.85. The van der Waals surface area contributed by atoms with Crippen LogP contribution >= 0.6 is 0 Å². The van der Waals surface area contributed by atoms with E-state index >= 15 is 0 Å². The molecule has 9 heteroatoms. The second kappa shape index (κ2) is 7.55. The number of nitrogens with zero attached hydrogens (tertiary/aromatic N) is 1. The van der Waals surface area contributed by atoms with E-state index in [2.05, 4.69) is 10.1 Å². The van der Waals surface area contributed by atoms with Gasteiger partial charge in [0.15, 0.2) is 6.61 Å². The largest absolute Gasteiger partial charge is 0.487 e. The first kappa shape index (κ1) is 19.4. The first-order chi connectivity index (χ1) is 11.6. The standard InChI is InChI=1S/C16H19F5N2O2/c1-11(24)23(13-6-8-22-9-7-13)12-2-4-14(5-3-12)25-10-15(17,18)16(19,20)21/h2-5,13,22H,6-10H2,1H3. The fraction of sp³-hybridized carbons (Fsp3) is 0.562. The number of benzene rings is 1. The highest BCUT2D eigenvalue weighted by atomic mass is 19.4. The maximum atomic E-state index is 12.9. The third-order valence-electron chi connectivity index (χ3n) is 3.96. The van der Waals surface area contributed by atoms with Gasteiger partial charge in [-0.15, -0.1) is 0 Å². The van der Waals surface area contributed by atoms with Gasteiger partial charge >= 0.3 is 12.1 Å². The van der Waals surface area contributed by atoms with Crippen LogP contribution in [0.1, 0.15) is 19.8 Å². The van der Waals surface area contributed by atoms with Crippen LogP contribution in [-0.4, -0.2) is 43.7 Å². The van der Waals surface area contributed by atoms with Crippen LogP contribution in [0, 0.1) is 0 Å². The van der Waals surface area contributed by atoms with E-state index in [1.54, 1.807) is 4.90 Å². The van der Waals surface area contributed by atoms with Crippen molar-refractivity contribution in [3.8, 4) is 5.75 Å². The van der Waals surface area contributed by atoms with Crippen LogP contribution in [0.3, 0.4) is 0 Å². The van der Waals surface area contributed by atoms with Crippen molar-refractivity contribution in [2.24, 2.45) is 0 Å². The summed E-state index contributed by atoms with van der Waals surface area (Å²) in [5.41, 5.74) is 0.550. The van der Waals surface area contributed by atoms with Gasteiger partial charge in [-0.2, -0.15) is 22.0 Å². The fourth-order valence-corrected chi connectivity index (χ4v) is 2.67. The molecule has 1 N–H and O–H groups in total. The normalized spacial score (nSPS) is 16.6. The molecule has 1 heterocycles. The van der Waals surface area contributed by atoms with E-state index in [9.17, 15) is 26.7 Å². The molecule has 25 heavy (non-hydrogen) atoms. The Kier molecular flexibility index (Phi) is 5.87. The third-order valence-corrected chi connectivity index (χ3v) is 3.96. The molecule has 1 aromatic rings. The minimum absolute atomic E-state index is 0.0140. The predicted octanol–water partition coefficient (Wildman–Crippen LogP) is 3.37. The number of nitrogens with one attached hydrogen (secondary N) is 1. The Bertz CT molecular complexity index is 583. The lowest BCUT2D eigenvalue weighted by Gasteiger charge is -2.34. The van der Waals surface area contributed by atoms with Gasteiger partial charge in [-0.05, 0) is 50.2 Å². The molecule has 1 saturated heterocycles. The minimum Gasteiger partial charge on any atom is -0.487 e. The summed E-state index contributed by atoms with van der Waals surface area (Å²) in [6.07, 6.45) is -4.11. The van der Waals surface area contributed by atoms with Gasteiger partial charge in [-0.25, -0.2) is 0 Å². The molecule has 0 atom stereocenters. The summed E-state index contributed by atoms with van der Waals surface area (Å²) >= 11 is 0. The number of carbonyl (C=O) groups excluding carboxylic acids is 1. The van der Waals surface area contributed by atoms with Crippen molar-refractivity contribution in [2.45, 2.75) is 37.9 Å². The van der Waals surface area contributed by atoms with Gasteiger partial charge in [0, 0.05) is 18.7 Å². The van der Waals surface area contributed by atoms with E-state index in [1.807, 2.05) is 0 Å². The van der Waals surface area contributed by atoms with Crippen molar-refractivity contribution in [1.82, 2.24) is 5.32 Å². The van der Waals surface area contributed by atoms with Crippen molar-refractivity contribution >= 4 is 11.6 Å². The molecule has 0 saturated carbocycles. The molecule has 0 aliphatic carbocycles. The maximum absolute atomic E-state index is 12.9. The molecule has 0 bridgehead atoms. The Hall–Kier alpha value is -1.90. The average molecular weight is 366 g/mol. The Morgan fingerprint density at radius 1 is 1.16 bits per heavy atom. The number of ether oxygens (including phenoxy) is 1. The van der Waals surface area contributed by atoms with Crippen LogP contribution in [0.2, 0.25) is 0 Å². The Labute approximate surface area is 141 Å². The van der Waals surface area contributed by atoms with Crippen molar-refractivity contribution < 1.29 is 31.5 Å². The zero-order chi connectivity index (χ0) is 18.7. The van der Waals surface area contributed by atoms with E-state index in [0.717, 1.165) is 25.9 Å². The number of hydrogen-bond acceptors (Lipinski definition) is 3. The lowest BCUT2D eigenvalue weighted by Crippen LogP contribution is -2.45. The number of anilines is 1. The number of piperidine rings is 1. The number of rotatable bonds is 5. The summed E-state index contributed by atoms with van der Waals surface area (Å²) in [5.74, 6) is -5.21. The topological polar surface area (TPSA) is 41.6 Å². The first-order valence-corrected chi connectivity index (χ1v) is 7.80. The number of alkyl halides is 5. The van der Waals surface area contributed by atoms with Gasteiger partial charge in [-0.1, -0.05) is 0 Å². The maximum Gasteiger partial charge on any atom is 0.456 e. The van der Waals surface area contributed by atoms with E-state index in [1.165, 1.54) is 31.2 Å². The van der Waals surface area contributed by atoms with Gasteiger partial charge in [0.05, 0.1) is 0 Å². The Balaban J connectivity index is 2.06. The molecular weight excluding hydrogens is 347 g/mol. The smallest absolute Gasteiger partial charge is 0.456 e. The molecule has 2 rings (SSSR count). The molecule has 0 unspecified atom stereocenters. The molecule has 1 fully saturated rings. The molecule has 1 aliphatic heterocycles. The van der Waals surface area contributed by atoms with Crippen LogP contribution < -0.4 is 15.0 Å². The van der Waals surface area contributed by atoms with Crippen molar-refractivity contribution in [2.75, 3.05) is 24.6 Å². The lowest BCUT2D eigenvalue weighted by molar-refractivity contribution is -0.290. The summed E-state index contributed by atoms with van der Waals surface area (Å²) in [6.45, 7) is 1.20. The van der Waals surface area contributed by atoms with Gasteiger partial charge in [0.2, 0.25) is 5.91 Å². The predicted molar refractivity (Wildman–Crippen MR) is 82.0 cm³/mol. The van der Waals surface area contributed by atoms with Crippen molar-refractivity contribution in [1.29, 1.82) is 0 Å². The van der Waals surface area contributed by atoms with Gasteiger partial charge in [0.25, 0.3) is 0 Å². The summed E-state index contributed by atoms with van der Waals surface area (Å²) in [6, 6.07) is 5.52. The van der Waals surface area contributed by atoms with E-state index in [4.69, 9.17) is 0 Å². The highest BCUT2D eigenvalue weighted by Gasteiger charge is 2.58. The zero-order valence-electron chi connectivity index (χ0n) is 13.6. The number of amides is 1. The number of carbonyl (C=O) groups is 1. The Morgan fingerprint density at radius 3 is 2.20 bits per heavy atom. The highest BCUT2D eigenvalue weighted by molar-refractivity contribution is 5.92. The van der Waals surface area contributed by atoms with E-state index in [0.29, 0.717) is 5.69 Å². The Morgan fingerprint density at radius 2 is 1.72 bits per heavy atom. The molecule has 1 aliphatic rings. The summed E-state index contributed by atoms with van der Waals surface area (Å²) in [7, 11) is 0.